The van der Waals surface area contributed by atoms with Crippen LogP contribution in [0.4, 0.5) is 11.5 Å². The van der Waals surface area contributed by atoms with Crippen LogP contribution in [0.15, 0.2) is 46.9 Å². The lowest BCUT2D eigenvalue weighted by molar-refractivity contribution is 0.100. The molecule has 2 aromatic heterocycles. The summed E-state index contributed by atoms with van der Waals surface area (Å²) in [5, 5.41) is 26.3. The Morgan fingerprint density at radius 1 is 1.24 bits per heavy atom. The van der Waals surface area contributed by atoms with Gasteiger partial charge in [0.25, 0.3) is 5.91 Å². The Morgan fingerprint density at radius 2 is 2.06 bits per heavy atom. The molecule has 1 aliphatic rings. The summed E-state index contributed by atoms with van der Waals surface area (Å²) in [6, 6.07) is 12.3. The second-order valence-electron chi connectivity index (χ2n) is 7.95. The quantitative estimate of drug-likeness (QED) is 0.282. The number of anilines is 2. The van der Waals surface area contributed by atoms with Crippen molar-refractivity contribution in [3.05, 3.63) is 65.0 Å². The second-order valence-corrected chi connectivity index (χ2v) is 7.95. The van der Waals surface area contributed by atoms with E-state index in [0.29, 0.717) is 40.6 Å². The van der Waals surface area contributed by atoms with Crippen molar-refractivity contribution < 1.29 is 19.3 Å². The van der Waals surface area contributed by atoms with Crippen molar-refractivity contribution in [1.82, 2.24) is 9.97 Å². The number of amides is 1. The normalized spacial score (nSPS) is 12.5. The Bertz CT molecular complexity index is 1390. The molecule has 0 fully saturated rings. The highest BCUT2D eigenvalue weighted by molar-refractivity contribution is 6.58. The number of rotatable bonds is 6. The van der Waals surface area contributed by atoms with Crippen LogP contribution in [0.25, 0.3) is 22.4 Å². The number of fused-ring (bicyclic) bond motifs is 2. The van der Waals surface area contributed by atoms with E-state index < -0.39 is 13.0 Å². The number of nitrogens with two attached hydrogens (primary N) is 1. The van der Waals surface area contributed by atoms with Gasteiger partial charge in [-0.1, -0.05) is 36.4 Å². The highest BCUT2D eigenvalue weighted by Crippen LogP contribution is 2.37. The average Bonchev–Trinajstić information content (AvgIpc) is 3.40. The van der Waals surface area contributed by atoms with Crippen LogP contribution in [-0.4, -0.2) is 39.6 Å². The number of hydrogen-bond donors (Lipinski definition) is 5. The van der Waals surface area contributed by atoms with E-state index in [-0.39, 0.29) is 0 Å². The maximum atomic E-state index is 11.8. The molecule has 0 atom stereocenters. The minimum absolute atomic E-state index is 0.314. The maximum Gasteiger partial charge on any atom is 0.488 e. The fraction of sp³-hybridized carbons (Fsp3) is 0.174. The summed E-state index contributed by atoms with van der Waals surface area (Å²) in [7, 11) is -1.52. The molecule has 0 spiro atoms. The van der Waals surface area contributed by atoms with Gasteiger partial charge in [-0.25, -0.2) is 9.97 Å². The largest absolute Gasteiger partial charge is 0.488 e. The van der Waals surface area contributed by atoms with Crippen LogP contribution in [0.1, 0.15) is 27.4 Å². The number of aromatic nitrogens is 2. The van der Waals surface area contributed by atoms with Crippen molar-refractivity contribution in [2.45, 2.75) is 19.9 Å². The number of carbonyl (C=O) groups is 1. The SMILES string of the molecule is Cc1oc2c(C(N)=O)cccc2c1-c1nc2c(c(NCc3cccc(B(O)O)c3)n1)NCC2. The van der Waals surface area contributed by atoms with Crippen molar-refractivity contribution in [1.29, 1.82) is 0 Å². The Balaban J connectivity index is 1.56. The van der Waals surface area contributed by atoms with Gasteiger partial charge in [0, 0.05) is 24.9 Å². The van der Waals surface area contributed by atoms with Crippen molar-refractivity contribution in [3.63, 3.8) is 0 Å². The molecule has 9 nitrogen and oxygen atoms in total. The first-order chi connectivity index (χ1) is 15.9. The molecule has 1 amide bonds. The zero-order chi connectivity index (χ0) is 23.1. The topological polar surface area (TPSA) is 147 Å². The van der Waals surface area contributed by atoms with E-state index in [2.05, 4.69) is 10.6 Å². The summed E-state index contributed by atoms with van der Waals surface area (Å²) in [6.45, 7) is 3.00. The lowest BCUT2D eigenvalue weighted by Gasteiger charge is -2.13. The molecule has 5 rings (SSSR count). The maximum absolute atomic E-state index is 11.8. The molecule has 1 aliphatic heterocycles. The second kappa shape index (κ2) is 8.23. The van der Waals surface area contributed by atoms with Crippen LogP contribution in [0.2, 0.25) is 0 Å². The molecule has 0 saturated carbocycles. The number of hydrogen-bond acceptors (Lipinski definition) is 8. The molecule has 3 heterocycles. The van der Waals surface area contributed by atoms with Gasteiger partial charge in [0.05, 0.1) is 22.5 Å². The van der Waals surface area contributed by atoms with Gasteiger partial charge in [-0.2, -0.15) is 0 Å². The van der Waals surface area contributed by atoms with Gasteiger partial charge >= 0.3 is 7.12 Å². The highest BCUT2D eigenvalue weighted by Gasteiger charge is 2.24. The highest BCUT2D eigenvalue weighted by atomic mass is 16.4. The summed E-state index contributed by atoms with van der Waals surface area (Å²) < 4.78 is 5.91. The number of nitrogens with one attached hydrogen (secondary N) is 2. The van der Waals surface area contributed by atoms with Crippen molar-refractivity contribution in [2.24, 2.45) is 5.73 Å². The van der Waals surface area contributed by atoms with Crippen molar-refractivity contribution in [3.8, 4) is 11.4 Å². The van der Waals surface area contributed by atoms with Crippen LogP contribution in [0, 0.1) is 6.92 Å². The third kappa shape index (κ3) is 3.79. The molecule has 33 heavy (non-hydrogen) atoms. The average molecular weight is 443 g/mol. The van der Waals surface area contributed by atoms with Crippen LogP contribution in [-0.2, 0) is 13.0 Å². The van der Waals surface area contributed by atoms with E-state index in [1.807, 2.05) is 19.1 Å². The molecule has 2 aromatic carbocycles. The van der Waals surface area contributed by atoms with E-state index in [4.69, 9.17) is 20.1 Å². The van der Waals surface area contributed by atoms with Gasteiger partial charge in [-0.15, -0.1) is 0 Å². The Hall–Kier alpha value is -3.89. The first-order valence-electron chi connectivity index (χ1n) is 10.6. The molecule has 4 aromatic rings. The third-order valence-corrected chi connectivity index (χ3v) is 5.74. The number of aryl methyl sites for hydroxylation is 1. The molecule has 0 aliphatic carbocycles. The number of primary amides is 1. The third-order valence-electron chi connectivity index (χ3n) is 5.74. The van der Waals surface area contributed by atoms with E-state index in [1.165, 1.54) is 0 Å². The lowest BCUT2D eigenvalue weighted by Crippen LogP contribution is -2.30. The number of carbonyl (C=O) groups excluding carboxylic acids is 1. The molecule has 0 bridgehead atoms. The predicted octanol–water partition coefficient (Wildman–Crippen LogP) is 1.56. The zero-order valence-corrected chi connectivity index (χ0v) is 17.9. The number of nitrogens with zero attached hydrogens (tertiary/aromatic N) is 2. The summed E-state index contributed by atoms with van der Waals surface area (Å²) in [5.74, 6) is 1.18. The van der Waals surface area contributed by atoms with Crippen LogP contribution < -0.4 is 21.8 Å². The summed E-state index contributed by atoms with van der Waals surface area (Å²) in [5.41, 5.74) is 10.0. The molecular formula is C23H22BN5O4. The van der Waals surface area contributed by atoms with Crippen LogP contribution >= 0.6 is 0 Å². The van der Waals surface area contributed by atoms with Crippen LogP contribution in [0.3, 0.4) is 0 Å². The number of furan rings is 1. The van der Waals surface area contributed by atoms with E-state index >= 15 is 0 Å². The molecule has 0 saturated heterocycles. The van der Waals surface area contributed by atoms with Crippen molar-refractivity contribution >= 4 is 41.0 Å². The standard InChI is InChI=1S/C23H22BN5O4/c1-12-18(15-6-3-7-16(21(25)30)20(15)33-12)22-28-17-8-9-26-19(17)23(29-22)27-11-13-4-2-5-14(10-13)24(31)32/h2-7,10,26,31-32H,8-9,11H2,1H3,(H2,25,30)(H,27,28,29). The van der Waals surface area contributed by atoms with Gasteiger partial charge in [-0.3, -0.25) is 4.79 Å². The first-order valence-corrected chi connectivity index (χ1v) is 10.6. The van der Waals surface area contributed by atoms with Crippen LogP contribution in [0.5, 0.6) is 0 Å². The number of para-hydroxylation sites is 1. The summed E-state index contributed by atoms with van der Waals surface area (Å²) >= 11 is 0. The summed E-state index contributed by atoms with van der Waals surface area (Å²) in [4.78, 5) is 21.4. The minimum atomic E-state index is -1.52. The fourth-order valence-corrected chi connectivity index (χ4v) is 4.18. The Kier molecular flexibility index (Phi) is 5.23. The lowest BCUT2D eigenvalue weighted by atomic mass is 9.80. The van der Waals surface area contributed by atoms with Gasteiger partial charge in [0.1, 0.15) is 11.3 Å². The summed E-state index contributed by atoms with van der Waals surface area (Å²) in [6.07, 6.45) is 0.757. The van der Waals surface area contributed by atoms with Gasteiger partial charge in [-0.05, 0) is 24.0 Å². The minimum Gasteiger partial charge on any atom is -0.460 e. The molecule has 10 heteroatoms. The molecule has 166 valence electrons. The van der Waals surface area contributed by atoms with E-state index in [1.54, 1.807) is 30.3 Å². The Labute approximate surface area is 189 Å². The Morgan fingerprint density at radius 3 is 2.85 bits per heavy atom. The molecule has 0 radical (unpaired) electrons. The van der Waals surface area contributed by atoms with E-state index in [0.717, 1.165) is 40.9 Å². The smallest absolute Gasteiger partial charge is 0.460 e. The molecule has 0 unspecified atom stereocenters. The number of benzene rings is 2. The zero-order valence-electron chi connectivity index (χ0n) is 17.9. The first kappa shape index (κ1) is 21.0. The van der Waals surface area contributed by atoms with Crippen molar-refractivity contribution in [2.75, 3.05) is 17.2 Å². The van der Waals surface area contributed by atoms with Gasteiger partial charge < -0.3 is 30.8 Å². The van der Waals surface area contributed by atoms with Gasteiger partial charge in [0.15, 0.2) is 11.6 Å². The monoisotopic (exact) mass is 443 g/mol. The predicted molar refractivity (Wildman–Crippen MR) is 126 cm³/mol. The van der Waals surface area contributed by atoms with E-state index in [9.17, 15) is 14.8 Å². The van der Waals surface area contributed by atoms with Gasteiger partial charge in [0.2, 0.25) is 0 Å². The fourth-order valence-electron chi connectivity index (χ4n) is 4.18. The molecular weight excluding hydrogens is 421 g/mol. The molecule has 6 N–H and O–H groups in total.